The van der Waals surface area contributed by atoms with Gasteiger partial charge in [-0.25, -0.2) is 74.6 Å². The Balaban J connectivity index is 0.000000182. The van der Waals surface area contributed by atoms with Crippen molar-refractivity contribution >= 4 is 0 Å². The van der Waals surface area contributed by atoms with Crippen molar-refractivity contribution in [3.05, 3.63) is 290 Å². The maximum atomic E-state index is 14.9. The molecule has 0 spiro atoms. The molecular weight excluding hydrogens is 1430 g/mol. The number of benzene rings is 10. The van der Waals surface area contributed by atoms with Crippen LogP contribution in [0.15, 0.2) is 158 Å². The largest absolute Gasteiger partial charge is 0.432 e. The molecule has 548 valence electrons. The zero-order chi connectivity index (χ0) is 75.9. The van der Waals surface area contributed by atoms with Gasteiger partial charge < -0.3 is 18.9 Å². The summed E-state index contributed by atoms with van der Waals surface area (Å²) < 4.78 is 341. The zero-order valence-corrected chi connectivity index (χ0v) is 54.4. The van der Waals surface area contributed by atoms with Crippen molar-refractivity contribution in [2.75, 3.05) is 6.61 Å². The van der Waals surface area contributed by atoms with Crippen molar-refractivity contribution in [1.29, 1.82) is 0 Å². The van der Waals surface area contributed by atoms with Crippen molar-refractivity contribution in [1.82, 2.24) is 0 Å². The lowest BCUT2D eigenvalue weighted by Gasteiger charge is -2.29. The van der Waals surface area contributed by atoms with Crippen molar-refractivity contribution in [2.24, 2.45) is 5.92 Å². The molecule has 11 rings (SSSR count). The predicted molar refractivity (Wildman–Crippen MR) is 338 cm³/mol. The summed E-state index contributed by atoms with van der Waals surface area (Å²) in [4.78, 5) is 0. The number of rotatable bonds is 20. The SMILES string of the molecule is CCCC1CCC(c2ccc(-c3cc(F)c(C(F)(F)Oc4cc(F)c(F)c(F)c4)c(F)c3)c(F)c2)OC1.CCCc1ccc(-c2cc(F)c(C(F)(F)Oc3cc(F)c(F)c(F)c3)c(F)c2)cc1.CCCc1ccc(-c2ccc(-c3cc(F)c(C(F)(F)Oc4cc(F)c(F)c(F)c4)c(F)c3)c(F)c2)cc1. The van der Waals surface area contributed by atoms with E-state index in [4.69, 9.17) is 4.74 Å². The monoisotopic (exact) mass is 1480 g/mol. The van der Waals surface area contributed by atoms with Crippen molar-refractivity contribution in [2.45, 2.75) is 96.6 Å². The highest BCUT2D eigenvalue weighted by molar-refractivity contribution is 5.72. The molecule has 1 fully saturated rings. The lowest BCUT2D eigenvalue weighted by Crippen LogP contribution is -2.25. The maximum Gasteiger partial charge on any atom is 0.432 e. The Labute approximate surface area is 578 Å². The highest BCUT2D eigenvalue weighted by Crippen LogP contribution is 2.43. The standard InChI is InChI=1S/C28H18F8O.C27H22F8O2.C22H15F7O/c1-2-3-15-4-6-16(7-5-15)17-8-9-20(21(29)10-17)18-11-22(30)26(23(31)12-18)28(35,36)37-19-13-24(32)27(34)25(33)14-19;1-2-3-14-4-7-24(36-13-14)15-5-6-18(19(28)8-15)16-9-20(29)25(21(30)10-16)27(34,35)37-17-11-22(31)26(33)23(32)12-17;1-2-3-12-4-6-13(7-5-12)14-8-16(23)20(17(24)9-14)22(28,29)30-15-10-18(25)21(27)19(26)11-15/h4-14H,2-3H2,1H3;5-6,8-12,14,24H,2-4,7,13H2,1H3;4-11H,2-3H2,1H3. The molecule has 0 N–H and O–H groups in total. The van der Waals surface area contributed by atoms with Gasteiger partial charge in [0, 0.05) is 47.5 Å². The number of hydrogen-bond acceptors (Lipinski definition) is 4. The molecular formula is C77H55F23O4. The molecule has 0 bridgehead atoms. The molecule has 0 aromatic heterocycles. The Hall–Kier alpha value is -10.1. The summed E-state index contributed by atoms with van der Waals surface area (Å²) in [5, 5.41) is 0. The average Bonchev–Trinajstić information content (AvgIpc) is 0.784. The fraction of sp³-hybridized carbons (Fsp3) is 0.221. The first-order valence-electron chi connectivity index (χ1n) is 31.6. The second-order valence-corrected chi connectivity index (χ2v) is 23.8. The number of ether oxygens (including phenoxy) is 4. The Kier molecular flexibility index (Phi) is 24.6. The normalized spacial score (nSPS) is 13.9. The summed E-state index contributed by atoms with van der Waals surface area (Å²) >= 11 is 0. The van der Waals surface area contributed by atoms with E-state index in [1.807, 2.05) is 38.1 Å². The van der Waals surface area contributed by atoms with Gasteiger partial charge in [0.05, 0.1) is 12.7 Å². The molecule has 104 heavy (non-hydrogen) atoms. The van der Waals surface area contributed by atoms with Gasteiger partial charge in [-0.2, -0.15) is 26.3 Å². The number of hydrogen-bond donors (Lipinski definition) is 0. The van der Waals surface area contributed by atoms with Gasteiger partial charge in [0.15, 0.2) is 52.4 Å². The molecule has 0 radical (unpaired) electrons. The van der Waals surface area contributed by atoms with Gasteiger partial charge in [-0.05, 0) is 137 Å². The summed E-state index contributed by atoms with van der Waals surface area (Å²) in [6.45, 7) is 6.67. The maximum absolute atomic E-state index is 14.9. The molecule has 1 aliphatic heterocycles. The van der Waals surface area contributed by atoms with Crippen LogP contribution in [0.3, 0.4) is 0 Å². The smallest absolute Gasteiger partial charge is 0.429 e. The van der Waals surface area contributed by atoms with Crippen LogP contribution in [0.4, 0.5) is 101 Å². The lowest BCUT2D eigenvalue weighted by molar-refractivity contribution is -0.190. The second kappa shape index (κ2) is 32.7. The Morgan fingerprint density at radius 2 is 0.625 bits per heavy atom. The van der Waals surface area contributed by atoms with E-state index in [0.29, 0.717) is 77.6 Å². The van der Waals surface area contributed by atoms with E-state index < -0.39 is 151 Å². The Bertz CT molecular complexity index is 4590. The van der Waals surface area contributed by atoms with Crippen molar-refractivity contribution < 1.29 is 120 Å². The summed E-state index contributed by atoms with van der Waals surface area (Å²) in [7, 11) is 0. The number of aryl methyl sites for hydroxylation is 2. The molecule has 1 saturated heterocycles. The Morgan fingerprint density at radius 1 is 0.317 bits per heavy atom. The summed E-state index contributed by atoms with van der Waals surface area (Å²) in [5.41, 5.74) is -2.36. The summed E-state index contributed by atoms with van der Waals surface area (Å²) in [5.74, 6) is -31.8. The van der Waals surface area contributed by atoms with Gasteiger partial charge in [-0.3, -0.25) is 0 Å². The highest BCUT2D eigenvalue weighted by Gasteiger charge is 2.45. The van der Waals surface area contributed by atoms with Gasteiger partial charge in [0.25, 0.3) is 0 Å². The molecule has 1 aliphatic rings. The molecule has 2 atom stereocenters. The van der Waals surface area contributed by atoms with Crippen molar-refractivity contribution in [3.63, 3.8) is 0 Å². The fourth-order valence-corrected chi connectivity index (χ4v) is 11.3. The van der Waals surface area contributed by atoms with Gasteiger partial charge in [0.2, 0.25) is 0 Å². The van der Waals surface area contributed by atoms with Crippen molar-refractivity contribution in [3.8, 4) is 61.8 Å². The van der Waals surface area contributed by atoms with E-state index in [-0.39, 0.29) is 70.3 Å². The van der Waals surface area contributed by atoms with E-state index in [2.05, 4.69) is 21.1 Å². The van der Waals surface area contributed by atoms with E-state index in [1.54, 1.807) is 30.3 Å². The van der Waals surface area contributed by atoms with Crippen LogP contribution >= 0.6 is 0 Å². The van der Waals surface area contributed by atoms with E-state index in [9.17, 15) is 101 Å². The van der Waals surface area contributed by atoms with Gasteiger partial charge in [0.1, 0.15) is 80.5 Å². The third-order valence-electron chi connectivity index (χ3n) is 16.3. The van der Waals surface area contributed by atoms with Gasteiger partial charge >= 0.3 is 18.3 Å². The topological polar surface area (TPSA) is 36.9 Å². The van der Waals surface area contributed by atoms with E-state index in [0.717, 1.165) is 62.1 Å². The highest BCUT2D eigenvalue weighted by atomic mass is 19.3. The molecule has 4 nitrogen and oxygen atoms in total. The van der Waals surface area contributed by atoms with Crippen LogP contribution < -0.4 is 14.2 Å². The van der Waals surface area contributed by atoms with Gasteiger partial charge in [-0.1, -0.05) is 113 Å². The summed E-state index contributed by atoms with van der Waals surface area (Å²) in [6, 6.07) is 26.2. The fourth-order valence-electron chi connectivity index (χ4n) is 11.3. The third kappa shape index (κ3) is 18.3. The molecule has 10 aromatic rings. The quantitative estimate of drug-likeness (QED) is 0.0563. The number of halogens is 23. The average molecular weight is 1480 g/mol. The second-order valence-electron chi connectivity index (χ2n) is 23.8. The summed E-state index contributed by atoms with van der Waals surface area (Å²) in [6.07, 6.45) is -7.15. The number of alkyl halides is 6. The van der Waals surface area contributed by atoms with Crippen LogP contribution in [0, 0.1) is 105 Å². The molecule has 1 heterocycles. The molecule has 10 aromatic carbocycles. The minimum Gasteiger partial charge on any atom is -0.429 e. The molecule has 27 heteroatoms. The first-order chi connectivity index (χ1) is 49.1. The lowest BCUT2D eigenvalue weighted by atomic mass is 9.91. The van der Waals surface area contributed by atoms with Crippen LogP contribution in [0.25, 0.3) is 44.5 Å². The van der Waals surface area contributed by atoms with E-state index >= 15 is 0 Å². The minimum absolute atomic E-state index is 0.0199. The molecule has 0 aliphatic carbocycles. The van der Waals surface area contributed by atoms with Crippen LogP contribution in [0.1, 0.15) is 98.8 Å². The molecule has 0 saturated carbocycles. The molecule has 2 unspecified atom stereocenters. The van der Waals surface area contributed by atoms with Crippen LogP contribution in [-0.2, 0) is 35.9 Å². The first-order valence-corrected chi connectivity index (χ1v) is 31.6. The third-order valence-corrected chi connectivity index (χ3v) is 16.3. The van der Waals surface area contributed by atoms with E-state index in [1.165, 1.54) is 24.3 Å². The van der Waals surface area contributed by atoms with Crippen LogP contribution in [-0.4, -0.2) is 6.61 Å². The predicted octanol–water partition coefficient (Wildman–Crippen LogP) is 24.7. The zero-order valence-electron chi connectivity index (χ0n) is 54.4. The van der Waals surface area contributed by atoms with Crippen LogP contribution in [0.2, 0.25) is 0 Å². The Morgan fingerprint density at radius 3 is 0.933 bits per heavy atom. The first kappa shape index (κ1) is 78.1. The minimum atomic E-state index is -4.74. The molecule has 0 amide bonds. The van der Waals surface area contributed by atoms with Gasteiger partial charge in [-0.15, -0.1) is 0 Å². The van der Waals surface area contributed by atoms with Crippen LogP contribution in [0.5, 0.6) is 17.2 Å².